The number of nitrogens with zero attached hydrogens (tertiary/aromatic N) is 6. The molecule has 15 heavy (non-hydrogen) atoms. The van der Waals surface area contributed by atoms with E-state index < -0.39 is 0 Å². The first-order valence-electron chi connectivity index (χ1n) is 3.93. The molecule has 0 N–H and O–H groups in total. The van der Waals surface area contributed by atoms with Gasteiger partial charge in [0.1, 0.15) is 0 Å². The molecule has 86 valence electrons. The van der Waals surface area contributed by atoms with Gasteiger partial charge in [-0.15, -0.1) is 0 Å². The van der Waals surface area contributed by atoms with Crippen molar-refractivity contribution in [1.29, 1.82) is 0 Å². The summed E-state index contributed by atoms with van der Waals surface area (Å²) in [6, 6.07) is 0. The average molecular weight is 248 g/mol. The van der Waals surface area contributed by atoms with Gasteiger partial charge < -0.3 is 26.1 Å². The molecule has 0 fully saturated rings. The molecule has 0 aliphatic heterocycles. The van der Waals surface area contributed by atoms with Gasteiger partial charge in [-0.3, -0.25) is 5.21 Å². The van der Waals surface area contributed by atoms with Gasteiger partial charge >= 0.3 is 21.7 Å². The maximum Gasteiger partial charge on any atom is 4.00 e. The number of rotatable bonds is 0. The van der Waals surface area contributed by atoms with Gasteiger partial charge in [0.05, 0.1) is 0 Å². The van der Waals surface area contributed by atoms with Gasteiger partial charge in [0.2, 0.25) is 0 Å². The quantitative estimate of drug-likeness (QED) is 0.648. The Hall–Kier alpha value is -0.266. The Morgan fingerprint density at radius 1 is 0.867 bits per heavy atom. The van der Waals surface area contributed by atoms with Crippen LogP contribution in [-0.2, 0) is 21.7 Å². The van der Waals surface area contributed by atoms with Crippen molar-refractivity contribution >= 4 is 0 Å². The molecule has 0 radical (unpaired) electrons. The fourth-order valence-corrected chi connectivity index (χ4v) is 0.149. The van der Waals surface area contributed by atoms with Crippen molar-refractivity contribution in [3.8, 4) is 0 Å². The van der Waals surface area contributed by atoms with Gasteiger partial charge in [-0.2, -0.15) is 42.3 Å². The minimum Gasteiger partial charge on any atom is -0.668 e. The molecule has 1 rings (SSSR count). The molecule has 0 atom stereocenters. The summed E-state index contributed by atoms with van der Waals surface area (Å²) in [5, 5.41) is 20.4. The van der Waals surface area contributed by atoms with Crippen LogP contribution in [0, 0.1) is 0 Å². The molecule has 0 saturated carbocycles. The Balaban J connectivity index is -0.0000000550. The topological polar surface area (TPSA) is 82.2 Å². The first kappa shape index (κ1) is 24.1. The van der Waals surface area contributed by atoms with Crippen molar-refractivity contribution in [3.05, 3.63) is 28.3 Å². The zero-order valence-electron chi connectivity index (χ0n) is 10.3. The van der Waals surface area contributed by atoms with Crippen LogP contribution in [0.2, 0.25) is 0 Å². The van der Waals surface area contributed by atoms with Crippen molar-refractivity contribution in [2.24, 2.45) is 0 Å². The van der Waals surface area contributed by atoms with E-state index in [1.54, 1.807) is 42.3 Å². The smallest absolute Gasteiger partial charge is 0.668 e. The van der Waals surface area contributed by atoms with Crippen LogP contribution in [0.5, 0.6) is 0 Å². The summed E-state index contributed by atoms with van der Waals surface area (Å²) in [4.78, 5) is 0. The molecule has 0 aliphatic carbocycles. The Bertz CT molecular complexity index is 103. The second-order valence-electron chi connectivity index (χ2n) is 1.96. The fraction of sp³-hybridized carbons (Fsp3) is 0.750. The van der Waals surface area contributed by atoms with Crippen LogP contribution >= 0.6 is 0 Å². The zero-order chi connectivity index (χ0) is 11.7. The van der Waals surface area contributed by atoms with Crippen LogP contribution in [0.1, 0.15) is 0 Å². The molecule has 0 amide bonds. The van der Waals surface area contributed by atoms with Crippen molar-refractivity contribution in [3.63, 3.8) is 0 Å². The molecule has 0 bridgehead atoms. The maximum atomic E-state index is 3.50. The summed E-state index contributed by atoms with van der Waals surface area (Å²) in [6.45, 7) is 0. The Labute approximate surface area is 108 Å². The van der Waals surface area contributed by atoms with E-state index in [-0.39, 0.29) is 21.7 Å². The van der Waals surface area contributed by atoms with Gasteiger partial charge in [-0.05, 0) is 0 Å². The Kier molecular flexibility index (Phi) is 59.9. The molecule has 0 spiro atoms. The van der Waals surface area contributed by atoms with Gasteiger partial charge in [-0.1, -0.05) is 12.4 Å². The summed E-state index contributed by atoms with van der Waals surface area (Å²) in [5.74, 6) is 0. The average Bonchev–Trinajstić information content (AvgIpc) is 2.63. The van der Waals surface area contributed by atoms with Crippen molar-refractivity contribution in [1.82, 2.24) is 15.4 Å². The molecule has 0 aromatic carbocycles. The van der Waals surface area contributed by atoms with Crippen molar-refractivity contribution < 1.29 is 21.7 Å². The second-order valence-corrected chi connectivity index (χ2v) is 1.96. The van der Waals surface area contributed by atoms with E-state index in [0.29, 0.717) is 0 Å². The summed E-state index contributed by atoms with van der Waals surface area (Å²) < 4.78 is 0. The van der Waals surface area contributed by atoms with E-state index in [1.165, 1.54) is 12.4 Å². The minimum atomic E-state index is 0. The normalized spacial score (nSPS) is 6.27. The van der Waals surface area contributed by atoms with Crippen LogP contribution in [0.4, 0.5) is 0 Å². The third-order valence-electron chi connectivity index (χ3n) is 0.303. The predicted octanol–water partition coefficient (Wildman–Crippen LogP) is 1.29. The SMILES string of the molecule is C[N-]C.C[N-]C.C[N-]C.[Ti+4].c1c[n-]nn1. The van der Waals surface area contributed by atoms with Crippen molar-refractivity contribution in [2.45, 2.75) is 0 Å². The van der Waals surface area contributed by atoms with E-state index in [4.69, 9.17) is 0 Å². The molecule has 0 saturated heterocycles. The van der Waals surface area contributed by atoms with E-state index in [0.717, 1.165) is 0 Å². The number of hydrogen-bond acceptors (Lipinski definition) is 2. The third-order valence-corrected chi connectivity index (χ3v) is 0.303. The largest absolute Gasteiger partial charge is 4.00 e. The molecular formula is C8H20N6Ti. The predicted molar refractivity (Wildman–Crippen MR) is 61.0 cm³/mol. The summed E-state index contributed by atoms with van der Waals surface area (Å²) >= 11 is 0. The number of aromatic nitrogens is 3. The monoisotopic (exact) mass is 248 g/mol. The first-order chi connectivity index (χ1) is 6.74. The Morgan fingerprint density at radius 2 is 1.20 bits per heavy atom. The molecular weight excluding hydrogens is 228 g/mol. The molecule has 7 heteroatoms. The molecule has 0 aliphatic rings. The molecule has 1 heterocycles. The maximum absolute atomic E-state index is 3.50. The van der Waals surface area contributed by atoms with Crippen LogP contribution in [0.15, 0.2) is 12.4 Å². The molecule has 1 aromatic heterocycles. The van der Waals surface area contributed by atoms with E-state index in [9.17, 15) is 0 Å². The number of hydrogen-bond donors (Lipinski definition) is 0. The summed E-state index contributed by atoms with van der Waals surface area (Å²) in [7, 11) is 10.5. The van der Waals surface area contributed by atoms with Gasteiger partial charge in [0.15, 0.2) is 0 Å². The van der Waals surface area contributed by atoms with Gasteiger partial charge in [-0.25, -0.2) is 0 Å². The van der Waals surface area contributed by atoms with Gasteiger partial charge in [0.25, 0.3) is 0 Å². The van der Waals surface area contributed by atoms with Crippen molar-refractivity contribution in [2.75, 3.05) is 42.3 Å². The van der Waals surface area contributed by atoms with Crippen LogP contribution in [-0.4, -0.2) is 52.6 Å². The van der Waals surface area contributed by atoms with E-state index in [2.05, 4.69) is 31.4 Å². The Morgan fingerprint density at radius 3 is 1.27 bits per heavy atom. The van der Waals surface area contributed by atoms with Crippen LogP contribution in [0.3, 0.4) is 0 Å². The molecule has 6 nitrogen and oxygen atoms in total. The summed E-state index contributed by atoms with van der Waals surface area (Å²) in [5.41, 5.74) is 0. The van der Waals surface area contributed by atoms with Crippen LogP contribution < -0.4 is 5.10 Å². The van der Waals surface area contributed by atoms with Crippen LogP contribution in [0.25, 0.3) is 16.0 Å². The summed E-state index contributed by atoms with van der Waals surface area (Å²) in [6.07, 6.45) is 3.06. The third kappa shape index (κ3) is 84.4. The first-order valence-corrected chi connectivity index (χ1v) is 3.93. The fourth-order valence-electron chi connectivity index (χ4n) is 0.149. The standard InChI is InChI=1S/C2H2N3.3C2H6N.Ti/c1-2-4-5-3-1;3*1-3-2;/h1-2H;3*1-2H3;/q4*-1;+4. The molecule has 1 aromatic rings. The zero-order valence-corrected chi connectivity index (χ0v) is 11.9. The van der Waals surface area contributed by atoms with Gasteiger partial charge in [0, 0.05) is 0 Å². The van der Waals surface area contributed by atoms with E-state index in [1.807, 2.05) is 0 Å². The second kappa shape index (κ2) is 37.2. The molecule has 0 unspecified atom stereocenters. The minimum absolute atomic E-state index is 0. The van der Waals surface area contributed by atoms with E-state index >= 15 is 0 Å².